The average molecular weight is 294 g/mol. The monoisotopic (exact) mass is 294 g/mol. The van der Waals surface area contributed by atoms with Crippen molar-refractivity contribution in [3.05, 3.63) is 35.6 Å². The summed E-state index contributed by atoms with van der Waals surface area (Å²) in [5.41, 5.74) is 0.993. The van der Waals surface area contributed by atoms with Crippen molar-refractivity contribution in [2.45, 2.75) is 6.54 Å². The van der Waals surface area contributed by atoms with E-state index in [2.05, 4.69) is 9.80 Å². The zero-order valence-electron chi connectivity index (χ0n) is 12.3. The van der Waals surface area contributed by atoms with Gasteiger partial charge in [0.05, 0.1) is 25.2 Å². The Hall–Kier alpha value is -1.01. The summed E-state index contributed by atoms with van der Waals surface area (Å²) in [6.45, 7) is 7.24. The van der Waals surface area contributed by atoms with Crippen LogP contribution in [0.15, 0.2) is 24.3 Å². The molecule has 21 heavy (non-hydrogen) atoms. The van der Waals surface area contributed by atoms with Crippen molar-refractivity contribution >= 4 is 0 Å². The van der Waals surface area contributed by atoms with Crippen molar-refractivity contribution in [1.82, 2.24) is 9.80 Å². The number of hydrogen-bond donors (Lipinski definition) is 1. The number of ether oxygens (including phenoxy) is 1. The highest BCUT2D eigenvalue weighted by Gasteiger charge is 2.40. The minimum Gasteiger partial charge on any atom is -0.396 e. The SMILES string of the molecule is OCC1(CN2CCN(Cc3cccc(F)c3)CC2)COC1. The standard InChI is InChI=1S/C16H23FN2O2/c17-15-3-1-2-14(8-15)9-18-4-6-19(7-5-18)10-16(11-20)12-21-13-16/h1-3,8,20H,4-7,9-13H2. The second kappa shape index (κ2) is 6.40. The Labute approximate surface area is 125 Å². The van der Waals surface area contributed by atoms with Crippen molar-refractivity contribution in [3.63, 3.8) is 0 Å². The fourth-order valence-corrected chi connectivity index (χ4v) is 3.10. The number of rotatable bonds is 5. The second-order valence-electron chi connectivity index (χ2n) is 6.33. The molecule has 116 valence electrons. The van der Waals surface area contributed by atoms with Gasteiger partial charge in [0.1, 0.15) is 5.82 Å². The molecule has 1 aromatic rings. The van der Waals surface area contributed by atoms with Crippen LogP contribution in [0.2, 0.25) is 0 Å². The molecule has 0 atom stereocenters. The number of aliphatic hydroxyl groups is 1. The maximum atomic E-state index is 13.2. The van der Waals surface area contributed by atoms with E-state index in [-0.39, 0.29) is 17.8 Å². The Morgan fingerprint density at radius 3 is 2.43 bits per heavy atom. The van der Waals surface area contributed by atoms with Crippen molar-refractivity contribution in [2.24, 2.45) is 5.41 Å². The molecule has 2 heterocycles. The molecule has 0 radical (unpaired) electrons. The maximum absolute atomic E-state index is 13.2. The Balaban J connectivity index is 1.47. The Bertz CT molecular complexity index is 466. The third-order valence-electron chi connectivity index (χ3n) is 4.47. The second-order valence-corrected chi connectivity index (χ2v) is 6.33. The van der Waals surface area contributed by atoms with Crippen molar-refractivity contribution in [2.75, 3.05) is 52.5 Å². The predicted octanol–water partition coefficient (Wildman–Crippen LogP) is 0.952. The number of halogens is 1. The van der Waals surface area contributed by atoms with Gasteiger partial charge >= 0.3 is 0 Å². The maximum Gasteiger partial charge on any atom is 0.123 e. The fraction of sp³-hybridized carbons (Fsp3) is 0.625. The van der Waals surface area contributed by atoms with E-state index in [1.807, 2.05) is 6.07 Å². The van der Waals surface area contributed by atoms with Gasteiger partial charge in [-0.15, -0.1) is 0 Å². The lowest BCUT2D eigenvalue weighted by Gasteiger charge is -2.45. The van der Waals surface area contributed by atoms with Crippen LogP contribution >= 0.6 is 0 Å². The van der Waals surface area contributed by atoms with E-state index in [9.17, 15) is 9.50 Å². The Kier molecular flexibility index (Phi) is 4.54. The van der Waals surface area contributed by atoms with Crippen LogP contribution in [0.5, 0.6) is 0 Å². The largest absolute Gasteiger partial charge is 0.396 e. The first kappa shape index (κ1) is 14.9. The molecule has 2 fully saturated rings. The van der Waals surface area contributed by atoms with E-state index >= 15 is 0 Å². The van der Waals surface area contributed by atoms with Gasteiger partial charge in [0.15, 0.2) is 0 Å². The summed E-state index contributed by atoms with van der Waals surface area (Å²) in [7, 11) is 0. The quantitative estimate of drug-likeness (QED) is 0.877. The number of piperazine rings is 1. The lowest BCUT2D eigenvalue weighted by Crippen LogP contribution is -2.56. The summed E-state index contributed by atoms with van der Waals surface area (Å²) in [5.74, 6) is -0.166. The molecule has 5 heteroatoms. The van der Waals surface area contributed by atoms with Gasteiger partial charge in [0, 0.05) is 39.3 Å². The predicted molar refractivity (Wildman–Crippen MR) is 78.5 cm³/mol. The molecule has 1 N–H and O–H groups in total. The lowest BCUT2D eigenvalue weighted by atomic mass is 9.86. The van der Waals surface area contributed by atoms with E-state index in [0.717, 1.165) is 44.8 Å². The van der Waals surface area contributed by atoms with Crippen molar-refractivity contribution < 1.29 is 14.2 Å². The molecule has 0 aromatic heterocycles. The van der Waals surface area contributed by atoms with E-state index in [4.69, 9.17) is 4.74 Å². The molecular weight excluding hydrogens is 271 g/mol. The zero-order valence-corrected chi connectivity index (χ0v) is 12.3. The van der Waals surface area contributed by atoms with Gasteiger partial charge in [-0.05, 0) is 17.7 Å². The van der Waals surface area contributed by atoms with Crippen LogP contribution in [0.4, 0.5) is 4.39 Å². The van der Waals surface area contributed by atoms with E-state index in [1.54, 1.807) is 12.1 Å². The van der Waals surface area contributed by atoms with Gasteiger partial charge in [-0.3, -0.25) is 9.80 Å². The summed E-state index contributed by atoms with van der Waals surface area (Å²) in [4.78, 5) is 4.76. The highest BCUT2D eigenvalue weighted by Crippen LogP contribution is 2.28. The summed E-state index contributed by atoms with van der Waals surface area (Å²) in [5, 5.41) is 9.49. The van der Waals surface area contributed by atoms with Crippen LogP contribution in [0.1, 0.15) is 5.56 Å². The molecule has 0 amide bonds. The topological polar surface area (TPSA) is 35.9 Å². The summed E-state index contributed by atoms with van der Waals surface area (Å²) >= 11 is 0. The molecule has 0 unspecified atom stereocenters. The van der Waals surface area contributed by atoms with Gasteiger partial charge in [-0.25, -0.2) is 4.39 Å². The molecule has 0 bridgehead atoms. The zero-order chi connectivity index (χ0) is 14.7. The van der Waals surface area contributed by atoms with Crippen LogP contribution in [-0.2, 0) is 11.3 Å². The molecule has 2 saturated heterocycles. The van der Waals surface area contributed by atoms with E-state index in [0.29, 0.717) is 13.2 Å². The highest BCUT2D eigenvalue weighted by molar-refractivity contribution is 5.16. The van der Waals surface area contributed by atoms with Crippen LogP contribution in [0, 0.1) is 11.2 Å². The molecule has 1 aromatic carbocycles. The lowest BCUT2D eigenvalue weighted by molar-refractivity contribution is -0.150. The number of aliphatic hydroxyl groups excluding tert-OH is 1. The minimum atomic E-state index is -0.166. The third-order valence-corrected chi connectivity index (χ3v) is 4.47. The highest BCUT2D eigenvalue weighted by atomic mass is 19.1. The summed E-state index contributed by atoms with van der Waals surface area (Å²) < 4.78 is 18.4. The summed E-state index contributed by atoms with van der Waals surface area (Å²) in [6.07, 6.45) is 0. The van der Waals surface area contributed by atoms with Crippen LogP contribution in [0.25, 0.3) is 0 Å². The number of hydrogen-bond acceptors (Lipinski definition) is 4. The average Bonchev–Trinajstić information content (AvgIpc) is 2.45. The van der Waals surface area contributed by atoms with Crippen LogP contribution in [-0.4, -0.2) is 67.5 Å². The van der Waals surface area contributed by atoms with Gasteiger partial charge in [0.2, 0.25) is 0 Å². The Morgan fingerprint density at radius 1 is 1.14 bits per heavy atom. The van der Waals surface area contributed by atoms with Crippen LogP contribution < -0.4 is 0 Å². The Morgan fingerprint density at radius 2 is 1.86 bits per heavy atom. The molecule has 0 saturated carbocycles. The first-order chi connectivity index (χ1) is 10.2. The molecule has 2 aliphatic rings. The number of benzene rings is 1. The number of nitrogens with zero attached hydrogens (tertiary/aromatic N) is 2. The smallest absolute Gasteiger partial charge is 0.123 e. The molecular formula is C16H23FN2O2. The summed E-state index contributed by atoms with van der Waals surface area (Å²) in [6, 6.07) is 6.83. The molecule has 2 aliphatic heterocycles. The fourth-order valence-electron chi connectivity index (χ4n) is 3.10. The first-order valence-electron chi connectivity index (χ1n) is 7.57. The minimum absolute atomic E-state index is 0.0370. The third kappa shape index (κ3) is 3.61. The van der Waals surface area contributed by atoms with Crippen molar-refractivity contribution in [1.29, 1.82) is 0 Å². The van der Waals surface area contributed by atoms with Gasteiger partial charge in [-0.2, -0.15) is 0 Å². The molecule has 3 rings (SSSR count). The first-order valence-corrected chi connectivity index (χ1v) is 7.57. The van der Waals surface area contributed by atoms with E-state index < -0.39 is 0 Å². The van der Waals surface area contributed by atoms with Crippen LogP contribution in [0.3, 0.4) is 0 Å². The molecule has 0 aliphatic carbocycles. The van der Waals surface area contributed by atoms with Gasteiger partial charge in [-0.1, -0.05) is 12.1 Å². The molecule has 4 nitrogen and oxygen atoms in total. The van der Waals surface area contributed by atoms with Gasteiger partial charge < -0.3 is 9.84 Å². The van der Waals surface area contributed by atoms with Gasteiger partial charge in [0.25, 0.3) is 0 Å². The molecule has 0 spiro atoms. The van der Waals surface area contributed by atoms with E-state index in [1.165, 1.54) is 6.07 Å². The normalized spacial score (nSPS) is 23.0. The van der Waals surface area contributed by atoms with Crippen molar-refractivity contribution in [3.8, 4) is 0 Å².